The number of carbonyl (C=O) groups is 1. The lowest BCUT2D eigenvalue weighted by molar-refractivity contribution is -0.116. The highest BCUT2D eigenvalue weighted by atomic mass is 16.5. The molecule has 0 N–H and O–H groups in total. The number of Topliss-reactive ketones (excluding diaryl/α,β-unsaturated/α-hetero) is 1. The fourth-order valence-corrected chi connectivity index (χ4v) is 1.86. The summed E-state index contributed by atoms with van der Waals surface area (Å²) in [6.45, 7) is 4.45. The predicted molar refractivity (Wildman–Crippen MR) is 75.6 cm³/mol. The first kappa shape index (κ1) is 15.0. The molecule has 1 aromatic rings. The topological polar surface area (TPSA) is 53.3 Å². The molecule has 0 aliphatic carbocycles. The Bertz CT molecular complexity index is 489. The Labute approximate surface area is 114 Å². The predicted octanol–water partition coefficient (Wildman–Crippen LogP) is 2.74. The van der Waals surface area contributed by atoms with Gasteiger partial charge in [-0.1, -0.05) is 19.9 Å². The van der Waals surface area contributed by atoms with Crippen molar-refractivity contribution in [2.45, 2.75) is 26.2 Å². The Morgan fingerprint density at radius 3 is 2.68 bits per heavy atom. The average molecular weight is 260 g/mol. The summed E-state index contributed by atoms with van der Waals surface area (Å²) in [7, 11) is 3.44. The Kier molecular flexibility index (Phi) is 5.37. The molecule has 0 aromatic heterocycles. The van der Waals surface area contributed by atoms with Gasteiger partial charge in [-0.3, -0.25) is 4.79 Å². The Morgan fingerprint density at radius 2 is 2.16 bits per heavy atom. The van der Waals surface area contributed by atoms with Gasteiger partial charge in [0.1, 0.15) is 5.75 Å². The van der Waals surface area contributed by atoms with Crippen LogP contribution in [0.3, 0.4) is 0 Å². The molecule has 0 radical (unpaired) electrons. The van der Waals surface area contributed by atoms with E-state index >= 15 is 0 Å². The van der Waals surface area contributed by atoms with Crippen molar-refractivity contribution in [3.05, 3.63) is 23.8 Å². The zero-order valence-electron chi connectivity index (χ0n) is 11.9. The summed E-state index contributed by atoms with van der Waals surface area (Å²) in [6.07, 6.45) is -0.0590. The third kappa shape index (κ3) is 3.99. The van der Waals surface area contributed by atoms with Crippen molar-refractivity contribution in [1.29, 1.82) is 5.26 Å². The van der Waals surface area contributed by atoms with Crippen molar-refractivity contribution in [2.24, 2.45) is 0 Å². The number of anilines is 1. The smallest absolute Gasteiger partial charge is 0.166 e. The summed E-state index contributed by atoms with van der Waals surface area (Å²) < 4.78 is 5.32. The molecule has 0 aliphatic heterocycles. The number of nitriles is 1. The van der Waals surface area contributed by atoms with Gasteiger partial charge in [-0.25, -0.2) is 0 Å². The standard InChI is InChI=1S/C15H20N2O2/c1-11(2)12-5-6-15(19-4)14(9-12)17(3)10-13(18)7-8-16/h5-6,9,11H,7,10H2,1-4H3. The lowest BCUT2D eigenvalue weighted by Gasteiger charge is -2.22. The first-order valence-corrected chi connectivity index (χ1v) is 6.27. The van der Waals surface area contributed by atoms with Gasteiger partial charge in [0, 0.05) is 7.05 Å². The highest BCUT2D eigenvalue weighted by molar-refractivity contribution is 5.85. The molecule has 19 heavy (non-hydrogen) atoms. The molecule has 0 bridgehead atoms. The van der Waals surface area contributed by atoms with Crippen LogP contribution in [0.15, 0.2) is 18.2 Å². The lowest BCUT2D eigenvalue weighted by Crippen LogP contribution is -2.25. The van der Waals surface area contributed by atoms with Crippen LogP contribution in [0.1, 0.15) is 31.7 Å². The van der Waals surface area contributed by atoms with Gasteiger partial charge in [-0.05, 0) is 23.6 Å². The average Bonchev–Trinajstić information content (AvgIpc) is 2.37. The summed E-state index contributed by atoms with van der Waals surface area (Å²) >= 11 is 0. The van der Waals surface area contributed by atoms with Crippen LogP contribution < -0.4 is 9.64 Å². The maximum absolute atomic E-state index is 11.5. The molecule has 0 fully saturated rings. The molecule has 0 saturated carbocycles. The molecule has 4 heteroatoms. The van der Waals surface area contributed by atoms with Gasteiger partial charge < -0.3 is 9.64 Å². The van der Waals surface area contributed by atoms with Crippen molar-refractivity contribution < 1.29 is 9.53 Å². The van der Waals surface area contributed by atoms with E-state index in [1.807, 2.05) is 36.2 Å². The fraction of sp³-hybridized carbons (Fsp3) is 0.467. The van der Waals surface area contributed by atoms with E-state index in [2.05, 4.69) is 13.8 Å². The molecular formula is C15H20N2O2. The lowest BCUT2D eigenvalue weighted by atomic mass is 10.0. The van der Waals surface area contributed by atoms with Crippen LogP contribution in [0.4, 0.5) is 5.69 Å². The first-order chi connectivity index (χ1) is 8.99. The first-order valence-electron chi connectivity index (χ1n) is 6.27. The largest absolute Gasteiger partial charge is 0.495 e. The zero-order chi connectivity index (χ0) is 14.4. The zero-order valence-corrected chi connectivity index (χ0v) is 11.9. The van der Waals surface area contributed by atoms with E-state index in [1.165, 1.54) is 5.56 Å². The molecule has 0 aliphatic rings. The fourth-order valence-electron chi connectivity index (χ4n) is 1.86. The SMILES string of the molecule is COc1ccc(C(C)C)cc1N(C)CC(=O)CC#N. The van der Waals surface area contributed by atoms with Crippen molar-refractivity contribution in [1.82, 2.24) is 0 Å². The minimum atomic E-state index is -0.0954. The molecule has 0 spiro atoms. The normalized spacial score (nSPS) is 10.1. The molecule has 0 atom stereocenters. The minimum absolute atomic E-state index is 0.0590. The van der Waals surface area contributed by atoms with Crippen molar-refractivity contribution >= 4 is 11.5 Å². The van der Waals surface area contributed by atoms with E-state index in [0.29, 0.717) is 5.92 Å². The van der Waals surface area contributed by atoms with Crippen molar-refractivity contribution in [2.75, 3.05) is 25.6 Å². The number of rotatable bonds is 6. The van der Waals surface area contributed by atoms with Gasteiger partial charge in [0.2, 0.25) is 0 Å². The summed E-state index contributed by atoms with van der Waals surface area (Å²) in [5, 5.41) is 8.52. The molecule has 1 rings (SSSR count). The van der Waals surface area contributed by atoms with Crippen LogP contribution in [0.5, 0.6) is 5.75 Å². The second-order valence-electron chi connectivity index (χ2n) is 4.82. The maximum Gasteiger partial charge on any atom is 0.166 e. The molecule has 4 nitrogen and oxygen atoms in total. The number of ether oxygens (including phenoxy) is 1. The molecule has 0 saturated heterocycles. The monoisotopic (exact) mass is 260 g/mol. The molecule has 0 unspecified atom stereocenters. The second kappa shape index (κ2) is 6.79. The van der Waals surface area contributed by atoms with Crippen LogP contribution >= 0.6 is 0 Å². The molecular weight excluding hydrogens is 240 g/mol. The number of methoxy groups -OCH3 is 1. The Morgan fingerprint density at radius 1 is 1.47 bits per heavy atom. The highest BCUT2D eigenvalue weighted by Gasteiger charge is 2.13. The molecule has 102 valence electrons. The van der Waals surface area contributed by atoms with Gasteiger partial charge in [0.15, 0.2) is 5.78 Å². The van der Waals surface area contributed by atoms with E-state index in [4.69, 9.17) is 10.00 Å². The Hall–Kier alpha value is -2.02. The van der Waals surface area contributed by atoms with Gasteiger partial charge >= 0.3 is 0 Å². The van der Waals surface area contributed by atoms with Gasteiger partial charge in [-0.2, -0.15) is 5.26 Å². The quantitative estimate of drug-likeness (QED) is 0.789. The summed E-state index contributed by atoms with van der Waals surface area (Å²) in [6, 6.07) is 7.84. The summed E-state index contributed by atoms with van der Waals surface area (Å²) in [4.78, 5) is 13.4. The van der Waals surface area contributed by atoms with Crippen molar-refractivity contribution in [3.63, 3.8) is 0 Å². The third-order valence-corrected chi connectivity index (χ3v) is 2.97. The highest BCUT2D eigenvalue weighted by Crippen LogP contribution is 2.31. The summed E-state index contributed by atoms with van der Waals surface area (Å²) in [5.74, 6) is 1.05. The van der Waals surface area contributed by atoms with Crippen LogP contribution in [-0.2, 0) is 4.79 Å². The van der Waals surface area contributed by atoms with Crippen LogP contribution in [0.2, 0.25) is 0 Å². The minimum Gasteiger partial charge on any atom is -0.495 e. The number of benzene rings is 1. The van der Waals surface area contributed by atoms with Crippen molar-refractivity contribution in [3.8, 4) is 11.8 Å². The number of ketones is 1. The van der Waals surface area contributed by atoms with E-state index in [-0.39, 0.29) is 18.7 Å². The third-order valence-electron chi connectivity index (χ3n) is 2.97. The van der Waals surface area contributed by atoms with Crippen LogP contribution in [0.25, 0.3) is 0 Å². The van der Waals surface area contributed by atoms with Crippen LogP contribution in [-0.4, -0.2) is 26.5 Å². The van der Waals surface area contributed by atoms with Gasteiger partial charge in [0.25, 0.3) is 0 Å². The van der Waals surface area contributed by atoms with E-state index in [0.717, 1.165) is 11.4 Å². The molecule has 0 heterocycles. The number of nitrogens with zero attached hydrogens (tertiary/aromatic N) is 2. The number of carbonyl (C=O) groups excluding carboxylic acids is 1. The van der Waals surface area contributed by atoms with Gasteiger partial charge in [-0.15, -0.1) is 0 Å². The van der Waals surface area contributed by atoms with Crippen LogP contribution in [0, 0.1) is 11.3 Å². The molecule has 0 amide bonds. The van der Waals surface area contributed by atoms with Gasteiger partial charge in [0.05, 0.1) is 31.8 Å². The Balaban J connectivity index is 2.99. The number of hydrogen-bond acceptors (Lipinski definition) is 4. The number of likely N-dealkylation sites (N-methyl/N-ethyl adjacent to an activating group) is 1. The number of hydrogen-bond donors (Lipinski definition) is 0. The molecule has 1 aromatic carbocycles. The van der Waals surface area contributed by atoms with E-state index in [9.17, 15) is 4.79 Å². The van der Waals surface area contributed by atoms with E-state index < -0.39 is 0 Å². The second-order valence-corrected chi connectivity index (χ2v) is 4.82. The summed E-state index contributed by atoms with van der Waals surface area (Å²) in [5.41, 5.74) is 2.07. The van der Waals surface area contributed by atoms with E-state index in [1.54, 1.807) is 7.11 Å². The maximum atomic E-state index is 11.5.